The molecule has 0 N–H and O–H groups in total. The number of amides is 2. The molecule has 5 rings (SSSR count). The minimum absolute atomic E-state index is 0.0598. The number of carbonyl (C=O) groups is 2. The standard InChI is InChI=1S/C25H28N2O2/c1-16-13-17(2)15-26(14-16)25(29)22-20-9-5-6-10-21(20)24(28)27-12-11-18-7-3-4-8-19(18)23(22)27/h3-10,16-17,22-23H,11-15H2,1-2H3/t16-,17+,22-,23+/m0/s1. The van der Waals surface area contributed by atoms with Gasteiger partial charge in [-0.25, -0.2) is 0 Å². The van der Waals surface area contributed by atoms with E-state index in [1.165, 1.54) is 12.0 Å². The first-order valence-corrected chi connectivity index (χ1v) is 10.8. The molecular formula is C25H28N2O2. The van der Waals surface area contributed by atoms with Crippen LogP contribution in [0.2, 0.25) is 0 Å². The summed E-state index contributed by atoms with van der Waals surface area (Å²) in [7, 11) is 0. The van der Waals surface area contributed by atoms with Crippen LogP contribution in [0, 0.1) is 11.8 Å². The second-order valence-corrected chi connectivity index (χ2v) is 9.15. The molecule has 3 aliphatic rings. The third-order valence-corrected chi connectivity index (χ3v) is 6.88. The maximum absolute atomic E-state index is 14.0. The summed E-state index contributed by atoms with van der Waals surface area (Å²) in [5.41, 5.74) is 3.99. The van der Waals surface area contributed by atoms with Crippen LogP contribution in [-0.4, -0.2) is 41.2 Å². The zero-order valence-electron chi connectivity index (χ0n) is 17.2. The minimum atomic E-state index is -0.331. The second kappa shape index (κ2) is 7.01. The third kappa shape index (κ3) is 2.97. The average molecular weight is 389 g/mol. The summed E-state index contributed by atoms with van der Waals surface area (Å²) in [5, 5.41) is 0. The van der Waals surface area contributed by atoms with Gasteiger partial charge in [0.15, 0.2) is 0 Å². The number of likely N-dealkylation sites (tertiary alicyclic amines) is 1. The smallest absolute Gasteiger partial charge is 0.254 e. The van der Waals surface area contributed by atoms with Crippen LogP contribution in [0.15, 0.2) is 48.5 Å². The molecule has 4 atom stereocenters. The Bertz CT molecular complexity index is 959. The van der Waals surface area contributed by atoms with Crippen molar-refractivity contribution in [1.29, 1.82) is 0 Å². The van der Waals surface area contributed by atoms with Crippen LogP contribution < -0.4 is 0 Å². The first-order chi connectivity index (χ1) is 14.0. The van der Waals surface area contributed by atoms with E-state index in [9.17, 15) is 9.59 Å². The molecule has 0 unspecified atom stereocenters. The molecule has 0 radical (unpaired) electrons. The van der Waals surface area contributed by atoms with Gasteiger partial charge in [-0.1, -0.05) is 56.3 Å². The van der Waals surface area contributed by atoms with Gasteiger partial charge in [0, 0.05) is 25.2 Å². The Morgan fingerprint density at radius 3 is 2.34 bits per heavy atom. The number of benzene rings is 2. The van der Waals surface area contributed by atoms with Gasteiger partial charge in [-0.05, 0) is 47.4 Å². The highest BCUT2D eigenvalue weighted by atomic mass is 16.2. The second-order valence-electron chi connectivity index (χ2n) is 9.15. The number of hydrogen-bond acceptors (Lipinski definition) is 2. The first kappa shape index (κ1) is 18.4. The van der Waals surface area contributed by atoms with Crippen LogP contribution in [0.1, 0.15) is 59.3 Å². The van der Waals surface area contributed by atoms with E-state index in [4.69, 9.17) is 0 Å². The normalized spacial score (nSPS) is 28.4. The van der Waals surface area contributed by atoms with E-state index in [0.29, 0.717) is 23.9 Å². The van der Waals surface area contributed by atoms with Crippen LogP contribution in [-0.2, 0) is 11.2 Å². The molecule has 0 aliphatic carbocycles. The molecule has 4 nitrogen and oxygen atoms in total. The Kier molecular flexibility index (Phi) is 4.45. The fraction of sp³-hybridized carbons (Fsp3) is 0.440. The van der Waals surface area contributed by atoms with Crippen molar-refractivity contribution >= 4 is 11.8 Å². The third-order valence-electron chi connectivity index (χ3n) is 6.88. The Morgan fingerprint density at radius 2 is 1.59 bits per heavy atom. The summed E-state index contributed by atoms with van der Waals surface area (Å²) >= 11 is 0. The van der Waals surface area contributed by atoms with Crippen LogP contribution >= 0.6 is 0 Å². The predicted molar refractivity (Wildman–Crippen MR) is 113 cm³/mol. The zero-order chi connectivity index (χ0) is 20.1. The molecule has 2 aromatic carbocycles. The monoisotopic (exact) mass is 388 g/mol. The van der Waals surface area contributed by atoms with Crippen molar-refractivity contribution in [2.45, 2.75) is 38.6 Å². The number of piperidine rings is 1. The Morgan fingerprint density at radius 1 is 0.931 bits per heavy atom. The van der Waals surface area contributed by atoms with E-state index < -0.39 is 0 Å². The zero-order valence-corrected chi connectivity index (χ0v) is 17.2. The lowest BCUT2D eigenvalue weighted by molar-refractivity contribution is -0.137. The largest absolute Gasteiger partial charge is 0.342 e. The molecule has 1 fully saturated rings. The molecule has 1 saturated heterocycles. The Hall–Kier alpha value is -2.62. The first-order valence-electron chi connectivity index (χ1n) is 10.8. The van der Waals surface area contributed by atoms with E-state index >= 15 is 0 Å². The SMILES string of the molecule is C[C@@H]1C[C@H](C)CN(C(=O)[C@H]2c3ccccc3C(=O)N3CCc4ccccc4[C@H]23)C1. The van der Waals surface area contributed by atoms with Gasteiger partial charge in [-0.15, -0.1) is 0 Å². The molecule has 3 heterocycles. The molecule has 0 spiro atoms. The average Bonchev–Trinajstić information content (AvgIpc) is 2.73. The highest BCUT2D eigenvalue weighted by Gasteiger charge is 2.47. The van der Waals surface area contributed by atoms with Crippen LogP contribution in [0.25, 0.3) is 0 Å². The molecule has 4 heteroatoms. The molecule has 2 amide bonds. The van der Waals surface area contributed by atoms with Crippen molar-refractivity contribution in [3.63, 3.8) is 0 Å². The molecule has 2 aromatic rings. The Labute approximate surface area is 172 Å². The highest BCUT2D eigenvalue weighted by Crippen LogP contribution is 2.47. The topological polar surface area (TPSA) is 40.6 Å². The lowest BCUT2D eigenvalue weighted by Gasteiger charge is -2.47. The lowest BCUT2D eigenvalue weighted by Crippen LogP contribution is -2.52. The van der Waals surface area contributed by atoms with Crippen molar-refractivity contribution in [2.24, 2.45) is 11.8 Å². The van der Waals surface area contributed by atoms with E-state index in [1.54, 1.807) is 0 Å². The van der Waals surface area contributed by atoms with Crippen LogP contribution in [0.5, 0.6) is 0 Å². The van der Waals surface area contributed by atoms with Gasteiger partial charge < -0.3 is 9.80 Å². The van der Waals surface area contributed by atoms with E-state index in [1.807, 2.05) is 35.2 Å². The van der Waals surface area contributed by atoms with Crippen molar-refractivity contribution in [3.05, 3.63) is 70.8 Å². The van der Waals surface area contributed by atoms with Gasteiger partial charge >= 0.3 is 0 Å². The summed E-state index contributed by atoms with van der Waals surface area (Å²) < 4.78 is 0. The van der Waals surface area contributed by atoms with Gasteiger partial charge in [-0.2, -0.15) is 0 Å². The van der Waals surface area contributed by atoms with Crippen molar-refractivity contribution < 1.29 is 9.59 Å². The number of fused-ring (bicyclic) bond motifs is 4. The maximum atomic E-state index is 14.0. The van der Waals surface area contributed by atoms with Crippen LogP contribution in [0.3, 0.4) is 0 Å². The van der Waals surface area contributed by atoms with Crippen molar-refractivity contribution in [3.8, 4) is 0 Å². The summed E-state index contributed by atoms with van der Waals surface area (Å²) in [6.45, 7) is 6.76. The van der Waals surface area contributed by atoms with Gasteiger partial charge in [0.1, 0.15) is 0 Å². The molecule has 29 heavy (non-hydrogen) atoms. The number of nitrogens with zero attached hydrogens (tertiary/aromatic N) is 2. The molecular weight excluding hydrogens is 360 g/mol. The minimum Gasteiger partial charge on any atom is -0.342 e. The fourth-order valence-electron chi connectivity index (χ4n) is 5.78. The fourth-order valence-corrected chi connectivity index (χ4v) is 5.78. The maximum Gasteiger partial charge on any atom is 0.254 e. The summed E-state index contributed by atoms with van der Waals surface area (Å²) in [6.07, 6.45) is 2.02. The lowest BCUT2D eigenvalue weighted by atomic mass is 9.75. The number of hydrogen-bond donors (Lipinski definition) is 0. The van der Waals surface area contributed by atoms with Gasteiger partial charge in [-0.3, -0.25) is 9.59 Å². The van der Waals surface area contributed by atoms with Gasteiger partial charge in [0.05, 0.1) is 12.0 Å². The Balaban J connectivity index is 1.64. The van der Waals surface area contributed by atoms with Gasteiger partial charge in [0.2, 0.25) is 5.91 Å². The number of carbonyl (C=O) groups excluding carboxylic acids is 2. The predicted octanol–water partition coefficient (Wildman–Crippen LogP) is 4.03. The number of rotatable bonds is 1. The molecule has 0 aromatic heterocycles. The molecule has 0 bridgehead atoms. The molecule has 150 valence electrons. The summed E-state index contributed by atoms with van der Waals surface area (Å²) in [6, 6.07) is 15.9. The van der Waals surface area contributed by atoms with E-state index in [2.05, 4.69) is 36.9 Å². The molecule has 3 aliphatic heterocycles. The van der Waals surface area contributed by atoms with E-state index in [0.717, 1.165) is 30.6 Å². The quantitative estimate of drug-likeness (QED) is 0.740. The van der Waals surface area contributed by atoms with Crippen LogP contribution in [0.4, 0.5) is 0 Å². The summed E-state index contributed by atoms with van der Waals surface area (Å²) in [4.78, 5) is 31.3. The molecule has 0 saturated carbocycles. The van der Waals surface area contributed by atoms with Gasteiger partial charge in [0.25, 0.3) is 5.91 Å². The van der Waals surface area contributed by atoms with Crippen molar-refractivity contribution in [1.82, 2.24) is 9.80 Å². The highest BCUT2D eigenvalue weighted by molar-refractivity contribution is 6.01. The summed E-state index contributed by atoms with van der Waals surface area (Å²) in [5.74, 6) is 0.929. The van der Waals surface area contributed by atoms with Crippen molar-refractivity contribution in [2.75, 3.05) is 19.6 Å². The van der Waals surface area contributed by atoms with E-state index in [-0.39, 0.29) is 23.8 Å².